The van der Waals surface area contributed by atoms with Gasteiger partial charge in [0.2, 0.25) is 5.69 Å². The van der Waals surface area contributed by atoms with Crippen molar-refractivity contribution < 1.29 is 10.1 Å². The molecule has 0 amide bonds. The molecule has 0 saturated carbocycles. The maximum absolute atomic E-state index is 8.72. The molecular formula is C27H26N+. The van der Waals surface area contributed by atoms with E-state index in [0.717, 1.165) is 38.7 Å². The second kappa shape index (κ2) is 6.91. The Kier molecular flexibility index (Phi) is 3.28. The number of aryl methyl sites for hydroxylation is 4. The average Bonchev–Trinajstić information content (AvgIpc) is 2.77. The normalized spacial score (nSPS) is 19.2. The lowest BCUT2D eigenvalue weighted by Crippen LogP contribution is -2.30. The predicted octanol–water partition coefficient (Wildman–Crippen LogP) is 6.19. The molecule has 0 fully saturated rings. The molecule has 0 spiro atoms. The summed E-state index contributed by atoms with van der Waals surface area (Å²) >= 11 is 0. The van der Waals surface area contributed by atoms with E-state index in [0.29, 0.717) is 11.1 Å². The molecule has 0 unspecified atom stereocenters. The lowest BCUT2D eigenvalue weighted by Gasteiger charge is -2.13. The molecule has 0 atom stereocenters. The molecule has 0 N–H and O–H groups in total. The number of benzene rings is 3. The number of fused-ring (bicyclic) bond motifs is 7. The van der Waals surface area contributed by atoms with Crippen molar-refractivity contribution in [3.63, 3.8) is 0 Å². The molecule has 1 nitrogen and oxygen atoms in total. The molecular weight excluding hydrogens is 338 g/mol. The first-order valence-corrected chi connectivity index (χ1v) is 9.81. The summed E-state index contributed by atoms with van der Waals surface area (Å²) in [6.07, 6.45) is -1.14. The fraction of sp³-hybridized carbons (Fsp3) is 0.222. The highest BCUT2D eigenvalue weighted by Crippen LogP contribution is 2.34. The highest BCUT2D eigenvalue weighted by atomic mass is 14.9. The van der Waals surface area contributed by atoms with Gasteiger partial charge < -0.3 is 0 Å². The number of nitrogens with zero attached hydrogens (tertiary/aromatic N) is 1. The summed E-state index contributed by atoms with van der Waals surface area (Å²) < 4.78 is 36.9. The Morgan fingerprint density at radius 3 is 2.46 bits per heavy atom. The van der Waals surface area contributed by atoms with Crippen molar-refractivity contribution >= 4 is 10.8 Å². The number of hydrogen-bond donors (Lipinski definition) is 0. The molecule has 138 valence electrons. The van der Waals surface area contributed by atoms with Crippen molar-refractivity contribution in [3.05, 3.63) is 89.6 Å². The van der Waals surface area contributed by atoms with Crippen molar-refractivity contribution in [1.82, 2.24) is 0 Å². The molecule has 5 rings (SSSR count). The van der Waals surface area contributed by atoms with Crippen molar-refractivity contribution in [2.75, 3.05) is 0 Å². The van der Waals surface area contributed by atoms with E-state index in [1.807, 2.05) is 54.2 Å². The number of hydrogen-bond acceptors (Lipinski definition) is 0. The first-order valence-electron chi connectivity index (χ1n) is 11.8. The Hall–Kier alpha value is -2.93. The van der Waals surface area contributed by atoms with Crippen LogP contribution < -0.4 is 4.57 Å². The molecule has 1 aliphatic rings. The van der Waals surface area contributed by atoms with Crippen LogP contribution in [0.1, 0.15) is 35.0 Å². The van der Waals surface area contributed by atoms with Gasteiger partial charge in [0.25, 0.3) is 0 Å². The van der Waals surface area contributed by atoms with Crippen LogP contribution in [0.2, 0.25) is 0 Å². The lowest BCUT2D eigenvalue weighted by molar-refractivity contribution is -0.660. The second-order valence-electron chi connectivity index (χ2n) is 7.54. The molecule has 0 radical (unpaired) electrons. The minimum absolute atomic E-state index is 0.103. The van der Waals surface area contributed by atoms with Crippen LogP contribution in [0.3, 0.4) is 0 Å². The standard InChI is InChI=1S/C27H26N/c1-19-15-22-11-6-12-24-23-10-5-9-20(16-23)7-3-4-8-21-13-14-28(2)27(17-21)25(19)18-26(22)24/h5-6,9-18H,3-4,7-8H2,1-2H3/q+1/i7D2,8D2. The van der Waals surface area contributed by atoms with Crippen LogP contribution in [0.25, 0.3) is 33.2 Å². The second-order valence-corrected chi connectivity index (χ2v) is 7.54. The zero-order valence-electron chi connectivity index (χ0n) is 20.3. The van der Waals surface area contributed by atoms with Gasteiger partial charge in [-0.3, -0.25) is 0 Å². The van der Waals surface area contributed by atoms with E-state index in [1.165, 1.54) is 0 Å². The quantitative estimate of drug-likeness (QED) is 0.326. The number of aromatic nitrogens is 1. The largest absolute Gasteiger partial charge is 0.212 e. The van der Waals surface area contributed by atoms with Crippen LogP contribution in [-0.4, -0.2) is 0 Å². The van der Waals surface area contributed by atoms with Crippen molar-refractivity contribution in [3.8, 4) is 22.4 Å². The summed E-state index contributed by atoms with van der Waals surface area (Å²) in [7, 11) is 1.98. The molecule has 28 heavy (non-hydrogen) atoms. The average molecular weight is 369 g/mol. The molecule has 0 aliphatic heterocycles. The Morgan fingerprint density at radius 2 is 1.61 bits per heavy atom. The van der Waals surface area contributed by atoms with Gasteiger partial charge in [-0.15, -0.1) is 0 Å². The van der Waals surface area contributed by atoms with Crippen molar-refractivity contribution in [2.24, 2.45) is 7.05 Å². The summed E-state index contributed by atoms with van der Waals surface area (Å²) in [5.74, 6) is 0. The molecule has 0 saturated heterocycles. The highest BCUT2D eigenvalue weighted by Gasteiger charge is 2.16. The molecule has 1 heterocycles. The van der Waals surface area contributed by atoms with Crippen LogP contribution in [0.4, 0.5) is 0 Å². The van der Waals surface area contributed by atoms with Crippen molar-refractivity contribution in [2.45, 2.75) is 32.5 Å². The van der Waals surface area contributed by atoms with Gasteiger partial charge in [-0.25, -0.2) is 4.57 Å². The van der Waals surface area contributed by atoms with Crippen LogP contribution in [-0.2, 0) is 19.8 Å². The maximum atomic E-state index is 8.72. The van der Waals surface area contributed by atoms with E-state index < -0.39 is 12.7 Å². The van der Waals surface area contributed by atoms with Gasteiger partial charge in [0, 0.05) is 23.2 Å². The van der Waals surface area contributed by atoms with Gasteiger partial charge in [-0.1, -0.05) is 48.5 Å². The fourth-order valence-corrected chi connectivity index (χ4v) is 4.12. The van der Waals surface area contributed by atoms with Gasteiger partial charge >= 0.3 is 0 Å². The van der Waals surface area contributed by atoms with E-state index in [9.17, 15) is 0 Å². The minimum atomic E-state index is -1.63. The maximum Gasteiger partial charge on any atom is 0.212 e. The Labute approximate surface area is 172 Å². The molecule has 4 aromatic rings. The summed E-state index contributed by atoms with van der Waals surface area (Å²) in [4.78, 5) is 0. The van der Waals surface area contributed by atoms with Crippen molar-refractivity contribution in [1.29, 1.82) is 0 Å². The zero-order valence-corrected chi connectivity index (χ0v) is 16.3. The minimum Gasteiger partial charge on any atom is -0.201 e. The van der Waals surface area contributed by atoms with Gasteiger partial charge in [0.1, 0.15) is 7.05 Å². The Balaban J connectivity index is 1.88. The third-order valence-corrected chi connectivity index (χ3v) is 5.61. The summed E-state index contributed by atoms with van der Waals surface area (Å²) in [5.41, 5.74) is 6.40. The van der Waals surface area contributed by atoms with Crippen LogP contribution in [0.15, 0.2) is 72.9 Å². The molecule has 1 aromatic heterocycles. The third-order valence-electron chi connectivity index (χ3n) is 5.61. The Morgan fingerprint density at radius 1 is 0.821 bits per heavy atom. The number of rotatable bonds is 0. The van der Waals surface area contributed by atoms with E-state index >= 15 is 0 Å². The zero-order chi connectivity index (χ0) is 22.7. The van der Waals surface area contributed by atoms with Crippen LogP contribution in [0, 0.1) is 6.92 Å². The summed E-state index contributed by atoms with van der Waals surface area (Å²) in [6, 6.07) is 22.0. The van der Waals surface area contributed by atoms with Gasteiger partial charge in [-0.05, 0) is 77.2 Å². The molecule has 1 aliphatic carbocycles. The fourth-order valence-electron chi connectivity index (χ4n) is 4.12. The molecule has 1 heteroatoms. The monoisotopic (exact) mass is 368 g/mol. The first-order chi connectivity index (χ1) is 15.2. The van der Waals surface area contributed by atoms with Gasteiger partial charge in [0.05, 0.1) is 0 Å². The highest BCUT2D eigenvalue weighted by molar-refractivity contribution is 5.99. The van der Waals surface area contributed by atoms with E-state index in [-0.39, 0.29) is 12.8 Å². The van der Waals surface area contributed by atoms with Gasteiger partial charge in [0.15, 0.2) is 6.20 Å². The predicted molar refractivity (Wildman–Crippen MR) is 117 cm³/mol. The summed E-state index contributed by atoms with van der Waals surface area (Å²) in [6.45, 7) is 2.10. The van der Waals surface area contributed by atoms with Crippen LogP contribution >= 0.6 is 0 Å². The van der Waals surface area contributed by atoms with E-state index in [1.54, 1.807) is 0 Å². The number of pyridine rings is 1. The summed E-state index contributed by atoms with van der Waals surface area (Å²) in [5, 5.41) is 2.25. The topological polar surface area (TPSA) is 3.88 Å². The van der Waals surface area contributed by atoms with E-state index in [4.69, 9.17) is 5.48 Å². The third kappa shape index (κ3) is 3.01. The van der Waals surface area contributed by atoms with Gasteiger partial charge in [-0.2, -0.15) is 0 Å². The SMILES string of the molecule is [2H]C1([2H])CCC([2H])([2H])c2cc[n+](C)c(c2)-c2cc3c(cccc3cc2C)-c2cccc1c2. The molecule has 6 bridgehead atoms. The smallest absolute Gasteiger partial charge is 0.201 e. The first kappa shape index (κ1) is 13.3. The molecule has 3 aromatic carbocycles. The van der Waals surface area contributed by atoms with E-state index in [2.05, 4.69) is 37.3 Å². The lowest BCUT2D eigenvalue weighted by atomic mass is 9.91. The van der Waals surface area contributed by atoms with Crippen LogP contribution in [0.5, 0.6) is 0 Å². The Bertz CT molecular complexity index is 1360.